The van der Waals surface area contributed by atoms with Gasteiger partial charge in [-0.25, -0.2) is 4.98 Å². The molecule has 0 fully saturated rings. The van der Waals surface area contributed by atoms with Crippen molar-refractivity contribution in [1.82, 2.24) is 14.9 Å². The molecule has 0 radical (unpaired) electrons. The molecule has 0 spiro atoms. The minimum Gasteiger partial charge on any atom is -0.497 e. The van der Waals surface area contributed by atoms with Crippen LogP contribution in [0, 0.1) is 0 Å². The van der Waals surface area contributed by atoms with E-state index >= 15 is 0 Å². The lowest BCUT2D eigenvalue weighted by Gasteiger charge is -2.27. The summed E-state index contributed by atoms with van der Waals surface area (Å²) in [5, 5.41) is 2.00. The average molecular weight is 436 g/mol. The number of thiophene rings is 2. The van der Waals surface area contributed by atoms with Crippen LogP contribution in [0.5, 0.6) is 5.75 Å². The number of H-pyrrole nitrogens is 1. The SMILES string of the molecule is COc1ccc(-c2ccc(CN3CCc4nc(-c5cccs5)[nH]c(=O)c4C3)s2)cc1. The van der Waals surface area contributed by atoms with Crippen LogP contribution in [0.2, 0.25) is 0 Å². The molecule has 1 N–H and O–H groups in total. The fourth-order valence-electron chi connectivity index (χ4n) is 3.74. The molecule has 0 atom stereocenters. The molecule has 0 saturated heterocycles. The minimum absolute atomic E-state index is 0.0156. The van der Waals surface area contributed by atoms with Crippen molar-refractivity contribution in [2.24, 2.45) is 0 Å². The Morgan fingerprint density at radius 2 is 2.00 bits per heavy atom. The van der Waals surface area contributed by atoms with E-state index in [4.69, 9.17) is 9.72 Å². The van der Waals surface area contributed by atoms with Crippen molar-refractivity contribution in [2.45, 2.75) is 19.5 Å². The number of rotatable bonds is 5. The maximum absolute atomic E-state index is 12.7. The van der Waals surface area contributed by atoms with E-state index in [1.165, 1.54) is 15.3 Å². The highest BCUT2D eigenvalue weighted by Crippen LogP contribution is 2.31. The van der Waals surface area contributed by atoms with E-state index in [1.54, 1.807) is 29.8 Å². The summed E-state index contributed by atoms with van der Waals surface area (Å²) >= 11 is 3.39. The van der Waals surface area contributed by atoms with Crippen molar-refractivity contribution < 1.29 is 4.74 Å². The van der Waals surface area contributed by atoms with E-state index < -0.39 is 0 Å². The molecule has 0 saturated carbocycles. The Morgan fingerprint density at radius 3 is 2.77 bits per heavy atom. The zero-order chi connectivity index (χ0) is 20.5. The molecule has 0 aliphatic carbocycles. The van der Waals surface area contributed by atoms with E-state index in [0.29, 0.717) is 12.4 Å². The lowest BCUT2D eigenvalue weighted by molar-refractivity contribution is 0.244. The Labute approximate surface area is 182 Å². The molecule has 1 aromatic carbocycles. The lowest BCUT2D eigenvalue weighted by atomic mass is 10.1. The highest BCUT2D eigenvalue weighted by Gasteiger charge is 2.22. The van der Waals surface area contributed by atoms with Gasteiger partial charge < -0.3 is 9.72 Å². The van der Waals surface area contributed by atoms with Crippen LogP contribution in [0.1, 0.15) is 16.1 Å². The number of aromatic nitrogens is 2. The van der Waals surface area contributed by atoms with Gasteiger partial charge in [0.2, 0.25) is 0 Å². The Bertz CT molecular complexity index is 1210. The topological polar surface area (TPSA) is 58.2 Å². The molecule has 30 heavy (non-hydrogen) atoms. The minimum atomic E-state index is -0.0156. The van der Waals surface area contributed by atoms with E-state index in [9.17, 15) is 4.79 Å². The van der Waals surface area contributed by atoms with E-state index in [0.717, 1.165) is 41.4 Å². The van der Waals surface area contributed by atoms with Crippen molar-refractivity contribution in [3.63, 3.8) is 0 Å². The smallest absolute Gasteiger partial charge is 0.255 e. The number of methoxy groups -OCH3 is 1. The number of benzene rings is 1. The quantitative estimate of drug-likeness (QED) is 0.490. The summed E-state index contributed by atoms with van der Waals surface area (Å²) in [6, 6.07) is 16.5. The fourth-order valence-corrected chi connectivity index (χ4v) is 5.46. The van der Waals surface area contributed by atoms with Crippen LogP contribution in [-0.2, 0) is 19.5 Å². The third-order valence-electron chi connectivity index (χ3n) is 5.32. The second kappa shape index (κ2) is 8.18. The molecule has 0 unspecified atom stereocenters. The highest BCUT2D eigenvalue weighted by molar-refractivity contribution is 7.15. The number of nitrogens with zero attached hydrogens (tertiary/aromatic N) is 2. The summed E-state index contributed by atoms with van der Waals surface area (Å²) in [5.41, 5.74) is 2.91. The summed E-state index contributed by atoms with van der Waals surface area (Å²) in [5.74, 6) is 1.55. The Balaban J connectivity index is 1.31. The van der Waals surface area contributed by atoms with Crippen LogP contribution >= 0.6 is 22.7 Å². The monoisotopic (exact) mass is 435 g/mol. The van der Waals surface area contributed by atoms with E-state index in [-0.39, 0.29) is 5.56 Å². The molecule has 1 aliphatic rings. The Hall–Kier alpha value is -2.74. The molecule has 5 rings (SSSR count). The van der Waals surface area contributed by atoms with Gasteiger partial charge in [0.15, 0.2) is 5.82 Å². The Kier molecular flexibility index (Phi) is 5.25. The summed E-state index contributed by atoms with van der Waals surface area (Å²) in [7, 11) is 1.68. The van der Waals surface area contributed by atoms with Crippen molar-refractivity contribution in [3.8, 4) is 26.9 Å². The van der Waals surface area contributed by atoms with Gasteiger partial charge in [0, 0.05) is 35.8 Å². The van der Waals surface area contributed by atoms with Gasteiger partial charge in [-0.05, 0) is 53.4 Å². The zero-order valence-electron chi connectivity index (χ0n) is 16.6. The van der Waals surface area contributed by atoms with Crippen LogP contribution < -0.4 is 10.3 Å². The Morgan fingerprint density at radius 1 is 1.13 bits per heavy atom. The van der Waals surface area contributed by atoms with Crippen molar-refractivity contribution in [1.29, 1.82) is 0 Å². The zero-order valence-corrected chi connectivity index (χ0v) is 18.2. The number of ether oxygens (including phenoxy) is 1. The molecule has 4 heterocycles. The maximum atomic E-state index is 12.7. The largest absolute Gasteiger partial charge is 0.497 e. The molecule has 0 amide bonds. The summed E-state index contributed by atoms with van der Waals surface area (Å²) in [4.78, 5) is 26.3. The second-order valence-corrected chi connectivity index (χ2v) is 9.39. The average Bonchev–Trinajstić information content (AvgIpc) is 3.47. The highest BCUT2D eigenvalue weighted by atomic mass is 32.1. The van der Waals surface area contributed by atoms with Crippen LogP contribution in [0.4, 0.5) is 0 Å². The molecular formula is C23H21N3O2S2. The van der Waals surface area contributed by atoms with E-state index in [1.807, 2.05) is 29.6 Å². The second-order valence-electron chi connectivity index (χ2n) is 7.27. The van der Waals surface area contributed by atoms with Crippen LogP contribution in [0.3, 0.4) is 0 Å². The summed E-state index contributed by atoms with van der Waals surface area (Å²) in [6.07, 6.45) is 0.800. The molecule has 5 nitrogen and oxygen atoms in total. The first kappa shape index (κ1) is 19.2. The number of hydrogen-bond donors (Lipinski definition) is 1. The standard InChI is InChI=1S/C23H21N3O2S2/c1-28-16-6-4-15(5-7-16)20-9-8-17(30-20)13-26-11-10-19-18(14-26)23(27)25-22(24-19)21-3-2-12-29-21/h2-9,12H,10-11,13-14H2,1H3,(H,24,25,27). The van der Waals surface area contributed by atoms with Crippen molar-refractivity contribution in [2.75, 3.05) is 13.7 Å². The third-order valence-corrected chi connectivity index (χ3v) is 7.31. The number of fused-ring (bicyclic) bond motifs is 1. The summed E-state index contributed by atoms with van der Waals surface area (Å²) in [6.45, 7) is 2.38. The summed E-state index contributed by atoms with van der Waals surface area (Å²) < 4.78 is 5.24. The molecular weight excluding hydrogens is 414 g/mol. The first-order valence-electron chi connectivity index (χ1n) is 9.81. The van der Waals surface area contributed by atoms with Crippen LogP contribution in [0.15, 0.2) is 58.7 Å². The molecule has 0 bridgehead atoms. The first-order valence-corrected chi connectivity index (χ1v) is 11.5. The maximum Gasteiger partial charge on any atom is 0.255 e. The van der Waals surface area contributed by atoms with E-state index in [2.05, 4.69) is 34.1 Å². The van der Waals surface area contributed by atoms with Gasteiger partial charge in [0.1, 0.15) is 5.75 Å². The molecule has 1 aliphatic heterocycles. The fraction of sp³-hybridized carbons (Fsp3) is 0.217. The van der Waals surface area contributed by atoms with Gasteiger partial charge in [-0.15, -0.1) is 22.7 Å². The molecule has 152 valence electrons. The molecule has 4 aromatic rings. The lowest BCUT2D eigenvalue weighted by Crippen LogP contribution is -2.35. The normalized spacial score (nSPS) is 13.9. The molecule has 7 heteroatoms. The third kappa shape index (κ3) is 3.84. The molecule has 3 aromatic heterocycles. The van der Waals surface area contributed by atoms with Crippen molar-refractivity contribution >= 4 is 22.7 Å². The van der Waals surface area contributed by atoms with Gasteiger partial charge >= 0.3 is 0 Å². The van der Waals surface area contributed by atoms with Gasteiger partial charge in [-0.2, -0.15) is 0 Å². The van der Waals surface area contributed by atoms with Gasteiger partial charge in [-0.1, -0.05) is 6.07 Å². The predicted octanol–water partition coefficient (Wildman–Crippen LogP) is 4.79. The van der Waals surface area contributed by atoms with Crippen molar-refractivity contribution in [3.05, 3.63) is 80.4 Å². The van der Waals surface area contributed by atoms with Gasteiger partial charge in [0.05, 0.1) is 23.2 Å². The predicted molar refractivity (Wildman–Crippen MR) is 122 cm³/mol. The van der Waals surface area contributed by atoms with Gasteiger partial charge in [-0.3, -0.25) is 9.69 Å². The number of hydrogen-bond acceptors (Lipinski definition) is 6. The number of nitrogens with one attached hydrogen (secondary N) is 1. The first-order chi connectivity index (χ1) is 14.7. The number of aromatic amines is 1. The van der Waals surface area contributed by atoms with Crippen LogP contribution in [0.25, 0.3) is 21.1 Å². The van der Waals surface area contributed by atoms with Crippen LogP contribution in [-0.4, -0.2) is 28.5 Å². The van der Waals surface area contributed by atoms with Gasteiger partial charge in [0.25, 0.3) is 5.56 Å².